The molecule has 14 heavy (non-hydrogen) atoms. The summed E-state index contributed by atoms with van der Waals surface area (Å²) in [6.45, 7) is 5.69. The van der Waals surface area contributed by atoms with Gasteiger partial charge in [-0.05, 0) is 12.0 Å². The highest BCUT2D eigenvalue weighted by atomic mass is 32.1. The normalized spacial score (nSPS) is 11.4. The molecule has 0 fully saturated rings. The molecule has 0 atom stereocenters. The zero-order valence-electron chi connectivity index (χ0n) is 8.73. The molecular formula is C12H16NS+. The highest BCUT2D eigenvalue weighted by Crippen LogP contribution is 2.15. The largest absolute Gasteiger partial charge is 0.225 e. The fraction of sp³-hybridized carbons (Fsp3) is 0.417. The predicted molar refractivity (Wildman–Crippen MR) is 61.5 cm³/mol. The van der Waals surface area contributed by atoms with Crippen molar-refractivity contribution in [3.05, 3.63) is 29.8 Å². The lowest BCUT2D eigenvalue weighted by Crippen LogP contribution is -2.32. The van der Waals surface area contributed by atoms with Gasteiger partial charge in [-0.3, -0.25) is 0 Å². The van der Waals surface area contributed by atoms with Gasteiger partial charge in [-0.25, -0.2) is 0 Å². The van der Waals surface area contributed by atoms with Crippen LogP contribution < -0.4 is 4.57 Å². The number of benzene rings is 1. The Morgan fingerprint density at radius 3 is 2.86 bits per heavy atom. The van der Waals surface area contributed by atoms with Crippen molar-refractivity contribution < 1.29 is 4.57 Å². The van der Waals surface area contributed by atoms with Gasteiger partial charge in [-0.2, -0.15) is 4.57 Å². The van der Waals surface area contributed by atoms with Crippen molar-refractivity contribution in [3.8, 4) is 0 Å². The molecule has 0 unspecified atom stereocenters. The van der Waals surface area contributed by atoms with Crippen LogP contribution in [0.15, 0.2) is 29.8 Å². The van der Waals surface area contributed by atoms with E-state index in [0.717, 1.165) is 12.5 Å². The van der Waals surface area contributed by atoms with Gasteiger partial charge < -0.3 is 0 Å². The van der Waals surface area contributed by atoms with Crippen LogP contribution in [0.3, 0.4) is 0 Å². The van der Waals surface area contributed by atoms with Crippen LogP contribution in [0.4, 0.5) is 0 Å². The Bertz CT molecular complexity index is 417. The molecule has 0 bridgehead atoms. The van der Waals surface area contributed by atoms with Crippen molar-refractivity contribution >= 4 is 21.6 Å². The third-order valence-electron chi connectivity index (χ3n) is 2.43. The average Bonchev–Trinajstić information content (AvgIpc) is 2.58. The summed E-state index contributed by atoms with van der Waals surface area (Å²) in [6.07, 6.45) is 1.26. The second-order valence-electron chi connectivity index (χ2n) is 4.07. The standard InChI is InChI=1S/C12H16NS/c1-10(2)7-8-13-9-14-12-6-4-3-5-11(12)13/h3-6,9-10H,7-8H2,1-2H3/q+1. The molecule has 1 aromatic heterocycles. The monoisotopic (exact) mass is 206 g/mol. The first kappa shape index (κ1) is 9.66. The zero-order chi connectivity index (χ0) is 9.97. The second kappa shape index (κ2) is 4.09. The summed E-state index contributed by atoms with van der Waals surface area (Å²) in [5, 5.41) is 0. The van der Waals surface area contributed by atoms with Crippen LogP contribution in [0.2, 0.25) is 0 Å². The quantitative estimate of drug-likeness (QED) is 0.679. The molecule has 0 aliphatic carbocycles. The van der Waals surface area contributed by atoms with Gasteiger partial charge in [-0.15, -0.1) is 0 Å². The van der Waals surface area contributed by atoms with E-state index in [1.807, 2.05) is 11.3 Å². The van der Waals surface area contributed by atoms with Gasteiger partial charge in [0.05, 0.1) is 0 Å². The first-order valence-corrected chi connectivity index (χ1v) is 6.01. The summed E-state index contributed by atoms with van der Waals surface area (Å²) in [5.41, 5.74) is 3.60. The van der Waals surface area contributed by atoms with Gasteiger partial charge in [0.1, 0.15) is 11.2 Å². The third kappa shape index (κ3) is 1.95. The Morgan fingerprint density at radius 1 is 1.29 bits per heavy atom. The van der Waals surface area contributed by atoms with E-state index in [0.29, 0.717) is 0 Å². The van der Waals surface area contributed by atoms with Gasteiger partial charge in [0.2, 0.25) is 11.0 Å². The van der Waals surface area contributed by atoms with Gasteiger partial charge in [0, 0.05) is 12.5 Å². The zero-order valence-corrected chi connectivity index (χ0v) is 9.55. The summed E-state index contributed by atoms with van der Waals surface area (Å²) >= 11 is 1.83. The molecule has 0 aliphatic rings. The number of aromatic nitrogens is 1. The smallest absolute Gasteiger partial charge is 0.188 e. The molecule has 2 aromatic rings. The van der Waals surface area contributed by atoms with E-state index in [9.17, 15) is 0 Å². The highest BCUT2D eigenvalue weighted by Gasteiger charge is 2.10. The van der Waals surface area contributed by atoms with Crippen molar-refractivity contribution in [2.45, 2.75) is 26.8 Å². The van der Waals surface area contributed by atoms with Crippen LogP contribution >= 0.6 is 11.3 Å². The Balaban J connectivity index is 2.25. The molecule has 1 heterocycles. The number of aryl methyl sites for hydroxylation is 1. The van der Waals surface area contributed by atoms with Crippen molar-refractivity contribution in [1.82, 2.24) is 0 Å². The number of rotatable bonds is 3. The summed E-state index contributed by atoms with van der Waals surface area (Å²) in [7, 11) is 0. The summed E-state index contributed by atoms with van der Waals surface area (Å²) < 4.78 is 3.75. The number of hydrogen-bond donors (Lipinski definition) is 0. The molecule has 0 N–H and O–H groups in total. The molecule has 2 heteroatoms. The SMILES string of the molecule is CC(C)CC[n+]1csc2ccccc21. The Kier molecular flexibility index (Phi) is 2.82. The number of nitrogens with zero attached hydrogens (tertiary/aromatic N) is 1. The van der Waals surface area contributed by atoms with Crippen LogP contribution in [0.5, 0.6) is 0 Å². The molecule has 0 saturated heterocycles. The molecule has 74 valence electrons. The Morgan fingerprint density at radius 2 is 2.07 bits per heavy atom. The topological polar surface area (TPSA) is 3.88 Å². The van der Waals surface area contributed by atoms with E-state index in [1.165, 1.54) is 16.6 Å². The minimum Gasteiger partial charge on any atom is -0.188 e. The first-order valence-electron chi connectivity index (χ1n) is 5.13. The van der Waals surface area contributed by atoms with Crippen molar-refractivity contribution in [2.24, 2.45) is 5.92 Å². The molecular weight excluding hydrogens is 190 g/mol. The number of hydrogen-bond acceptors (Lipinski definition) is 1. The molecule has 2 rings (SSSR count). The van der Waals surface area contributed by atoms with E-state index < -0.39 is 0 Å². The first-order chi connectivity index (χ1) is 6.77. The van der Waals surface area contributed by atoms with Crippen molar-refractivity contribution in [3.63, 3.8) is 0 Å². The second-order valence-corrected chi connectivity index (χ2v) is 4.95. The number of para-hydroxylation sites is 1. The summed E-state index contributed by atoms with van der Waals surface area (Å²) in [5.74, 6) is 0.779. The number of thiazole rings is 1. The third-order valence-corrected chi connectivity index (χ3v) is 3.39. The van der Waals surface area contributed by atoms with E-state index >= 15 is 0 Å². The fourth-order valence-corrected chi connectivity index (χ4v) is 2.46. The maximum absolute atomic E-state index is 2.36. The minimum atomic E-state index is 0.779. The Labute approximate surface area is 89.0 Å². The van der Waals surface area contributed by atoms with E-state index in [4.69, 9.17) is 0 Å². The van der Waals surface area contributed by atoms with Crippen LogP contribution in [0, 0.1) is 5.92 Å². The van der Waals surface area contributed by atoms with Crippen molar-refractivity contribution in [1.29, 1.82) is 0 Å². The summed E-state index contributed by atoms with van der Waals surface area (Å²) in [4.78, 5) is 0. The van der Waals surface area contributed by atoms with Crippen molar-refractivity contribution in [2.75, 3.05) is 0 Å². The molecule has 1 nitrogen and oxygen atoms in total. The molecule has 1 aromatic carbocycles. The maximum Gasteiger partial charge on any atom is 0.225 e. The molecule has 0 radical (unpaired) electrons. The minimum absolute atomic E-state index is 0.779. The average molecular weight is 206 g/mol. The summed E-state index contributed by atoms with van der Waals surface area (Å²) in [6, 6.07) is 8.60. The fourth-order valence-electron chi connectivity index (χ4n) is 1.54. The predicted octanol–water partition coefficient (Wildman–Crippen LogP) is 3.23. The van der Waals surface area contributed by atoms with Gasteiger partial charge in [0.25, 0.3) is 0 Å². The van der Waals surface area contributed by atoms with E-state index in [2.05, 4.69) is 48.2 Å². The van der Waals surface area contributed by atoms with Crippen LogP contribution in [-0.4, -0.2) is 0 Å². The lowest BCUT2D eigenvalue weighted by molar-refractivity contribution is -0.668. The van der Waals surface area contributed by atoms with Crippen LogP contribution in [0.1, 0.15) is 20.3 Å². The Hall–Kier alpha value is -0.890. The molecule has 0 saturated carbocycles. The van der Waals surface area contributed by atoms with Crippen LogP contribution in [0.25, 0.3) is 10.2 Å². The number of fused-ring (bicyclic) bond motifs is 1. The van der Waals surface area contributed by atoms with Gasteiger partial charge in [0.15, 0.2) is 0 Å². The van der Waals surface area contributed by atoms with Gasteiger partial charge >= 0.3 is 0 Å². The lowest BCUT2D eigenvalue weighted by atomic mass is 10.1. The van der Waals surface area contributed by atoms with E-state index in [1.54, 1.807) is 0 Å². The highest BCUT2D eigenvalue weighted by molar-refractivity contribution is 7.16. The lowest BCUT2D eigenvalue weighted by Gasteiger charge is -1.98. The molecule has 0 aliphatic heterocycles. The van der Waals surface area contributed by atoms with Gasteiger partial charge in [-0.1, -0.05) is 37.3 Å². The molecule has 0 spiro atoms. The maximum atomic E-state index is 2.36. The molecule has 0 amide bonds. The van der Waals surface area contributed by atoms with Crippen LogP contribution in [-0.2, 0) is 6.54 Å². The van der Waals surface area contributed by atoms with E-state index in [-0.39, 0.29) is 0 Å².